The molecule has 1 aromatic carbocycles. The summed E-state index contributed by atoms with van der Waals surface area (Å²) in [5.74, 6) is 0.861. The van der Waals surface area contributed by atoms with Gasteiger partial charge in [0.15, 0.2) is 0 Å². The fourth-order valence-corrected chi connectivity index (χ4v) is 5.45. The number of piperidine rings is 1. The summed E-state index contributed by atoms with van der Waals surface area (Å²) in [6, 6.07) is 11.6. The maximum absolute atomic E-state index is 13.2. The van der Waals surface area contributed by atoms with Gasteiger partial charge in [0.1, 0.15) is 11.3 Å². The van der Waals surface area contributed by atoms with Crippen LogP contribution in [0.3, 0.4) is 0 Å². The van der Waals surface area contributed by atoms with Gasteiger partial charge in [0.2, 0.25) is 11.9 Å². The van der Waals surface area contributed by atoms with Gasteiger partial charge >= 0.3 is 0 Å². The minimum atomic E-state index is -0.0455. The first kappa shape index (κ1) is 22.9. The molecular weight excluding hydrogens is 522 g/mol. The van der Waals surface area contributed by atoms with Crippen LogP contribution in [0.2, 0.25) is 0 Å². The number of nitrogens with one attached hydrogen (secondary N) is 1. The van der Waals surface area contributed by atoms with Crippen molar-refractivity contribution >= 4 is 55.6 Å². The molecule has 0 radical (unpaired) electrons. The van der Waals surface area contributed by atoms with Crippen molar-refractivity contribution in [3.63, 3.8) is 0 Å². The van der Waals surface area contributed by atoms with Crippen molar-refractivity contribution in [2.75, 3.05) is 44.2 Å². The molecule has 0 atom stereocenters. The van der Waals surface area contributed by atoms with Crippen LogP contribution in [-0.4, -0.2) is 80.8 Å². The maximum Gasteiger partial charge on any atom is 0.270 e. The number of H-pyrrole nitrogens is 1. The van der Waals surface area contributed by atoms with Gasteiger partial charge in [-0.25, -0.2) is 15.0 Å². The number of pyridine rings is 1. The number of aromatic nitrogens is 4. The van der Waals surface area contributed by atoms with Crippen molar-refractivity contribution in [3.8, 4) is 0 Å². The van der Waals surface area contributed by atoms with E-state index >= 15 is 0 Å². The van der Waals surface area contributed by atoms with E-state index in [2.05, 4.69) is 35.8 Å². The third-order valence-electron chi connectivity index (χ3n) is 7.16. The highest BCUT2D eigenvalue weighted by atomic mass is 79.9. The molecule has 2 saturated heterocycles. The third-order valence-corrected chi connectivity index (χ3v) is 7.65. The molecule has 2 fully saturated rings. The number of benzene rings is 1. The number of carbonyl (C=O) groups is 2. The number of hydrogen-bond acceptors (Lipinski definition) is 6. The zero-order chi connectivity index (χ0) is 24.6. The van der Waals surface area contributed by atoms with Gasteiger partial charge in [0, 0.05) is 72.8 Å². The lowest BCUT2D eigenvalue weighted by atomic mass is 9.95. The normalized spacial score (nSPS) is 17.2. The molecular formula is C26H26BrN7O2. The minimum absolute atomic E-state index is 0.00196. The molecule has 3 aromatic heterocycles. The molecule has 36 heavy (non-hydrogen) atoms. The van der Waals surface area contributed by atoms with Crippen LogP contribution in [0.1, 0.15) is 23.3 Å². The van der Waals surface area contributed by atoms with E-state index in [0.29, 0.717) is 43.5 Å². The number of carbonyl (C=O) groups excluding carboxylic acids is 2. The summed E-state index contributed by atoms with van der Waals surface area (Å²) in [6.45, 7) is 3.70. The van der Waals surface area contributed by atoms with Crippen LogP contribution in [0, 0.1) is 5.92 Å². The number of piperazine rings is 1. The fourth-order valence-electron chi connectivity index (χ4n) is 5.10. The average Bonchev–Trinajstić information content (AvgIpc) is 3.36. The van der Waals surface area contributed by atoms with E-state index in [1.54, 1.807) is 6.20 Å². The maximum atomic E-state index is 13.2. The van der Waals surface area contributed by atoms with E-state index in [1.165, 1.54) is 0 Å². The number of hydrogen-bond donors (Lipinski definition) is 1. The van der Waals surface area contributed by atoms with Crippen molar-refractivity contribution in [1.29, 1.82) is 0 Å². The Hall–Kier alpha value is -3.53. The third kappa shape index (κ3) is 4.41. The molecule has 5 heterocycles. The van der Waals surface area contributed by atoms with Crippen LogP contribution >= 0.6 is 15.9 Å². The van der Waals surface area contributed by atoms with Crippen LogP contribution < -0.4 is 4.90 Å². The van der Waals surface area contributed by atoms with Gasteiger partial charge in [0.25, 0.3) is 5.91 Å². The van der Waals surface area contributed by atoms with Crippen molar-refractivity contribution in [2.24, 2.45) is 5.92 Å². The van der Waals surface area contributed by atoms with Crippen molar-refractivity contribution in [1.82, 2.24) is 29.7 Å². The Bertz CT molecular complexity index is 1410. The predicted octanol–water partition coefficient (Wildman–Crippen LogP) is 3.47. The molecule has 2 aliphatic rings. The molecule has 4 aromatic rings. The van der Waals surface area contributed by atoms with Gasteiger partial charge in [-0.05, 0) is 43.2 Å². The Morgan fingerprint density at radius 1 is 0.917 bits per heavy atom. The monoisotopic (exact) mass is 547 g/mol. The number of aromatic amines is 1. The summed E-state index contributed by atoms with van der Waals surface area (Å²) < 4.78 is 0.990. The first-order valence-electron chi connectivity index (χ1n) is 12.2. The highest BCUT2D eigenvalue weighted by Crippen LogP contribution is 2.25. The van der Waals surface area contributed by atoms with Gasteiger partial charge < -0.3 is 19.7 Å². The smallest absolute Gasteiger partial charge is 0.270 e. The van der Waals surface area contributed by atoms with Crippen molar-refractivity contribution in [3.05, 3.63) is 59.0 Å². The number of amides is 2. The molecule has 0 aliphatic carbocycles. The highest BCUT2D eigenvalue weighted by Gasteiger charge is 2.32. The standard InChI is InChI=1S/C26H26BrN7O2/c27-20-4-3-19-16-29-26(31-21(19)15-20)34-8-5-17(6-9-34)24(35)32-10-12-33(13-11-32)25(36)22-14-18-2-1-7-28-23(18)30-22/h1-4,7,14-17H,5-6,8-13H2,(H,28,30). The van der Waals surface area contributed by atoms with Crippen LogP contribution in [0.25, 0.3) is 21.9 Å². The molecule has 9 nitrogen and oxygen atoms in total. The molecule has 0 unspecified atom stereocenters. The largest absolute Gasteiger partial charge is 0.341 e. The van der Waals surface area contributed by atoms with Crippen molar-refractivity contribution < 1.29 is 9.59 Å². The lowest BCUT2D eigenvalue weighted by Crippen LogP contribution is -2.53. The number of halogens is 1. The summed E-state index contributed by atoms with van der Waals surface area (Å²) in [5.41, 5.74) is 2.16. The van der Waals surface area contributed by atoms with E-state index in [0.717, 1.165) is 46.7 Å². The summed E-state index contributed by atoms with van der Waals surface area (Å²) in [4.78, 5) is 48.7. The summed E-state index contributed by atoms with van der Waals surface area (Å²) in [6.07, 6.45) is 5.12. The molecule has 184 valence electrons. The first-order valence-corrected chi connectivity index (χ1v) is 13.0. The van der Waals surface area contributed by atoms with E-state index in [1.807, 2.05) is 52.4 Å². The quantitative estimate of drug-likeness (QED) is 0.421. The van der Waals surface area contributed by atoms with E-state index in [9.17, 15) is 9.59 Å². The number of rotatable bonds is 3. The molecule has 0 saturated carbocycles. The predicted molar refractivity (Wildman–Crippen MR) is 141 cm³/mol. The number of nitrogens with zero attached hydrogens (tertiary/aromatic N) is 6. The Kier molecular flexibility index (Phi) is 6.04. The summed E-state index contributed by atoms with van der Waals surface area (Å²) in [5, 5.41) is 1.92. The molecule has 2 aliphatic heterocycles. The topological polar surface area (TPSA) is 98.3 Å². The molecule has 0 spiro atoms. The van der Waals surface area contributed by atoms with E-state index in [4.69, 9.17) is 4.98 Å². The van der Waals surface area contributed by atoms with Gasteiger partial charge in [0.05, 0.1) is 5.52 Å². The zero-order valence-electron chi connectivity index (χ0n) is 19.7. The molecule has 6 rings (SSSR count). The fraction of sp³-hybridized carbons (Fsp3) is 0.346. The Morgan fingerprint density at radius 3 is 2.47 bits per heavy atom. The summed E-state index contributed by atoms with van der Waals surface area (Å²) in [7, 11) is 0. The van der Waals surface area contributed by atoms with Crippen LogP contribution in [0.4, 0.5) is 5.95 Å². The average molecular weight is 548 g/mol. The Balaban J connectivity index is 1.03. The van der Waals surface area contributed by atoms with Gasteiger partial charge in [-0.3, -0.25) is 9.59 Å². The lowest BCUT2D eigenvalue weighted by Gasteiger charge is -2.38. The SMILES string of the molecule is O=C(c1cc2cccnc2[nH]1)N1CCN(C(=O)C2CCN(c3ncc4ccc(Br)cc4n3)CC2)CC1. The molecule has 2 amide bonds. The second kappa shape index (κ2) is 9.50. The van der Waals surface area contributed by atoms with Gasteiger partial charge in [-0.15, -0.1) is 0 Å². The van der Waals surface area contributed by atoms with Crippen LogP contribution in [0.15, 0.2) is 53.3 Å². The second-order valence-corrected chi connectivity index (χ2v) is 10.3. The number of anilines is 1. The van der Waals surface area contributed by atoms with E-state index in [-0.39, 0.29) is 17.7 Å². The first-order chi connectivity index (χ1) is 17.5. The summed E-state index contributed by atoms with van der Waals surface area (Å²) >= 11 is 3.50. The highest BCUT2D eigenvalue weighted by molar-refractivity contribution is 9.10. The van der Waals surface area contributed by atoms with Gasteiger partial charge in [-0.1, -0.05) is 22.0 Å². The molecule has 10 heteroatoms. The molecule has 0 bridgehead atoms. The number of fused-ring (bicyclic) bond motifs is 2. The Labute approximate surface area is 216 Å². The van der Waals surface area contributed by atoms with E-state index < -0.39 is 0 Å². The Morgan fingerprint density at radius 2 is 1.69 bits per heavy atom. The molecule has 1 N–H and O–H groups in total. The minimum Gasteiger partial charge on any atom is -0.341 e. The van der Waals surface area contributed by atoms with Crippen LogP contribution in [-0.2, 0) is 4.79 Å². The van der Waals surface area contributed by atoms with Crippen LogP contribution in [0.5, 0.6) is 0 Å². The van der Waals surface area contributed by atoms with Gasteiger partial charge in [-0.2, -0.15) is 0 Å². The second-order valence-electron chi connectivity index (χ2n) is 9.38. The lowest BCUT2D eigenvalue weighted by molar-refractivity contribution is -0.137. The zero-order valence-corrected chi connectivity index (χ0v) is 21.3. The van der Waals surface area contributed by atoms with Crippen molar-refractivity contribution in [2.45, 2.75) is 12.8 Å².